The molecule has 18 heavy (non-hydrogen) atoms. The van der Waals surface area contributed by atoms with Crippen molar-refractivity contribution in [2.75, 3.05) is 5.73 Å². The third-order valence-electron chi connectivity index (χ3n) is 2.45. The van der Waals surface area contributed by atoms with E-state index < -0.39 is 10.0 Å². The van der Waals surface area contributed by atoms with E-state index in [0.717, 1.165) is 0 Å². The third-order valence-corrected chi connectivity index (χ3v) is 3.63. The summed E-state index contributed by atoms with van der Waals surface area (Å²) in [6.07, 6.45) is 0. The lowest BCUT2D eigenvalue weighted by atomic mass is 10.1. The van der Waals surface area contributed by atoms with Crippen LogP contribution in [0.3, 0.4) is 0 Å². The molecule has 0 heterocycles. The minimum atomic E-state index is -3.84. The summed E-state index contributed by atoms with van der Waals surface area (Å²) in [5, 5.41) is 5.70. The van der Waals surface area contributed by atoms with E-state index in [0.29, 0.717) is 21.8 Å². The summed E-state index contributed by atoms with van der Waals surface area (Å²) >= 11 is 5.89. The average molecular weight is 283 g/mol. The average Bonchev–Trinajstić information content (AvgIpc) is 2.27. The molecule has 0 amide bonds. The van der Waals surface area contributed by atoms with Crippen LogP contribution in [-0.2, 0) is 10.0 Å². The van der Waals surface area contributed by atoms with Crippen LogP contribution in [0.5, 0.6) is 0 Å². The molecule has 0 aromatic heterocycles. The molecule has 0 saturated heterocycles. The minimum Gasteiger partial charge on any atom is -0.399 e. The molecule has 0 bridgehead atoms. The number of primary sulfonamides is 1. The molecule has 0 aliphatic carbocycles. The quantitative estimate of drug-likeness (QED) is 0.828. The molecule has 2 aromatic carbocycles. The van der Waals surface area contributed by atoms with Gasteiger partial charge < -0.3 is 5.73 Å². The van der Waals surface area contributed by atoms with Gasteiger partial charge in [-0.1, -0.05) is 29.8 Å². The summed E-state index contributed by atoms with van der Waals surface area (Å²) < 4.78 is 23.1. The van der Waals surface area contributed by atoms with E-state index in [-0.39, 0.29) is 4.90 Å². The zero-order chi connectivity index (χ0) is 13.3. The van der Waals surface area contributed by atoms with Crippen LogP contribution in [0.1, 0.15) is 0 Å². The Morgan fingerprint density at radius 2 is 1.78 bits per heavy atom. The summed E-state index contributed by atoms with van der Waals surface area (Å²) in [6, 6.07) is 11.4. The van der Waals surface area contributed by atoms with Crippen LogP contribution >= 0.6 is 11.6 Å². The maximum atomic E-state index is 11.6. The van der Waals surface area contributed by atoms with E-state index in [1.165, 1.54) is 6.07 Å². The fourth-order valence-corrected chi connectivity index (χ4v) is 2.65. The predicted molar refractivity (Wildman–Crippen MR) is 72.7 cm³/mol. The van der Waals surface area contributed by atoms with Gasteiger partial charge in [-0.2, -0.15) is 0 Å². The highest BCUT2D eigenvalue weighted by Gasteiger charge is 2.15. The molecule has 0 aliphatic heterocycles. The van der Waals surface area contributed by atoms with Gasteiger partial charge in [-0.25, -0.2) is 13.6 Å². The second kappa shape index (κ2) is 4.61. The number of hydrogen-bond donors (Lipinski definition) is 2. The zero-order valence-corrected chi connectivity index (χ0v) is 10.9. The van der Waals surface area contributed by atoms with Crippen molar-refractivity contribution >= 4 is 27.3 Å². The molecule has 0 unspecified atom stereocenters. The number of anilines is 1. The fourth-order valence-electron chi connectivity index (χ4n) is 1.67. The van der Waals surface area contributed by atoms with Crippen molar-refractivity contribution in [2.45, 2.75) is 4.90 Å². The summed E-state index contributed by atoms with van der Waals surface area (Å²) in [7, 11) is -3.84. The van der Waals surface area contributed by atoms with Gasteiger partial charge in [-0.3, -0.25) is 0 Å². The van der Waals surface area contributed by atoms with Gasteiger partial charge in [0.05, 0.1) is 4.90 Å². The van der Waals surface area contributed by atoms with Gasteiger partial charge in [0.2, 0.25) is 10.0 Å². The van der Waals surface area contributed by atoms with Gasteiger partial charge in [0.15, 0.2) is 0 Å². The molecular formula is C12H11ClN2O2S. The summed E-state index contributed by atoms with van der Waals surface area (Å²) in [6.45, 7) is 0. The van der Waals surface area contributed by atoms with Crippen molar-refractivity contribution in [2.24, 2.45) is 5.14 Å². The number of rotatable bonds is 2. The van der Waals surface area contributed by atoms with E-state index in [2.05, 4.69) is 0 Å². The van der Waals surface area contributed by atoms with Crippen molar-refractivity contribution in [3.8, 4) is 11.1 Å². The van der Waals surface area contributed by atoms with E-state index >= 15 is 0 Å². The topological polar surface area (TPSA) is 86.2 Å². The summed E-state index contributed by atoms with van der Waals surface area (Å²) in [5.74, 6) is 0. The van der Waals surface area contributed by atoms with Crippen molar-refractivity contribution < 1.29 is 8.42 Å². The predicted octanol–water partition coefficient (Wildman–Crippen LogP) is 2.24. The Morgan fingerprint density at radius 3 is 2.39 bits per heavy atom. The number of halogens is 1. The molecule has 4 nitrogen and oxygen atoms in total. The third kappa shape index (κ3) is 2.64. The van der Waals surface area contributed by atoms with Gasteiger partial charge >= 0.3 is 0 Å². The Bertz CT molecular complexity index is 699. The molecule has 2 rings (SSSR count). The van der Waals surface area contributed by atoms with Crippen molar-refractivity contribution in [1.29, 1.82) is 0 Å². The lowest BCUT2D eigenvalue weighted by Crippen LogP contribution is -2.13. The molecule has 0 atom stereocenters. The molecule has 4 N–H and O–H groups in total. The van der Waals surface area contributed by atoms with Crippen LogP contribution in [0, 0.1) is 0 Å². The summed E-state index contributed by atoms with van der Waals surface area (Å²) in [5.41, 5.74) is 7.08. The van der Waals surface area contributed by atoms with E-state index in [1.54, 1.807) is 36.4 Å². The van der Waals surface area contributed by atoms with Gasteiger partial charge in [0.25, 0.3) is 0 Å². The summed E-state index contributed by atoms with van der Waals surface area (Å²) in [4.78, 5) is -0.00948. The molecule has 0 fully saturated rings. The van der Waals surface area contributed by atoms with Gasteiger partial charge in [0, 0.05) is 16.3 Å². The lowest BCUT2D eigenvalue weighted by molar-refractivity contribution is 0.598. The van der Waals surface area contributed by atoms with Crippen LogP contribution in [0.2, 0.25) is 5.02 Å². The van der Waals surface area contributed by atoms with Gasteiger partial charge in [-0.15, -0.1) is 0 Å². The Labute approximate surface area is 110 Å². The highest BCUT2D eigenvalue weighted by atomic mass is 35.5. The number of sulfonamides is 1. The molecule has 6 heteroatoms. The second-order valence-corrected chi connectivity index (χ2v) is 5.78. The first-order valence-electron chi connectivity index (χ1n) is 5.06. The van der Waals surface area contributed by atoms with Gasteiger partial charge in [-0.05, 0) is 29.8 Å². The van der Waals surface area contributed by atoms with Crippen molar-refractivity contribution in [3.05, 3.63) is 47.5 Å². The smallest absolute Gasteiger partial charge is 0.238 e. The molecule has 0 aliphatic rings. The maximum absolute atomic E-state index is 11.6. The monoisotopic (exact) mass is 282 g/mol. The Morgan fingerprint density at radius 1 is 1.06 bits per heavy atom. The molecule has 2 aromatic rings. The Kier molecular flexibility index (Phi) is 3.30. The first kappa shape index (κ1) is 12.9. The zero-order valence-electron chi connectivity index (χ0n) is 9.30. The van der Waals surface area contributed by atoms with Crippen LogP contribution in [0.4, 0.5) is 5.69 Å². The van der Waals surface area contributed by atoms with Crippen molar-refractivity contribution in [1.82, 2.24) is 0 Å². The number of nitrogen functional groups attached to an aromatic ring is 1. The number of nitrogens with two attached hydrogens (primary N) is 2. The molecule has 0 spiro atoms. The number of hydrogen-bond acceptors (Lipinski definition) is 3. The first-order chi connectivity index (χ1) is 8.38. The van der Waals surface area contributed by atoms with E-state index in [4.69, 9.17) is 22.5 Å². The Balaban J connectivity index is 2.72. The van der Waals surface area contributed by atoms with Crippen LogP contribution in [0.25, 0.3) is 11.1 Å². The van der Waals surface area contributed by atoms with E-state index in [1.807, 2.05) is 0 Å². The highest BCUT2D eigenvalue weighted by Crippen LogP contribution is 2.29. The standard InChI is InChI=1S/C12H11ClN2O2S/c13-9-3-1-2-8(6-9)11-5-4-10(14)7-12(11)18(15,16)17/h1-7H,14H2,(H2,15,16,17). The molecule has 94 valence electrons. The minimum absolute atomic E-state index is 0.00948. The van der Waals surface area contributed by atoms with Crippen LogP contribution < -0.4 is 10.9 Å². The number of benzene rings is 2. The molecular weight excluding hydrogens is 272 g/mol. The molecule has 0 saturated carbocycles. The second-order valence-electron chi connectivity index (χ2n) is 3.81. The SMILES string of the molecule is Nc1ccc(-c2cccc(Cl)c2)c(S(N)(=O)=O)c1. The van der Waals surface area contributed by atoms with Crippen LogP contribution in [0.15, 0.2) is 47.4 Å². The fraction of sp³-hybridized carbons (Fsp3) is 0. The first-order valence-corrected chi connectivity index (χ1v) is 6.98. The van der Waals surface area contributed by atoms with Crippen molar-refractivity contribution in [3.63, 3.8) is 0 Å². The Hall–Kier alpha value is -1.56. The highest BCUT2D eigenvalue weighted by molar-refractivity contribution is 7.89. The maximum Gasteiger partial charge on any atom is 0.238 e. The lowest BCUT2D eigenvalue weighted by Gasteiger charge is -2.09. The molecule has 0 radical (unpaired) electrons. The normalized spacial score (nSPS) is 11.4. The largest absolute Gasteiger partial charge is 0.399 e. The van der Waals surface area contributed by atoms with E-state index in [9.17, 15) is 8.42 Å². The van der Waals surface area contributed by atoms with Crippen LogP contribution in [-0.4, -0.2) is 8.42 Å². The van der Waals surface area contributed by atoms with Gasteiger partial charge in [0.1, 0.15) is 0 Å².